The quantitative estimate of drug-likeness (QED) is 0.164. The van der Waals surface area contributed by atoms with Crippen LogP contribution in [0, 0.1) is 0 Å². The van der Waals surface area contributed by atoms with E-state index in [1.165, 1.54) is 71.6 Å². The van der Waals surface area contributed by atoms with Crippen LogP contribution in [0.15, 0.2) is 213 Å². The van der Waals surface area contributed by atoms with E-state index in [0.717, 1.165) is 33.9 Å². The molecule has 1 aliphatic carbocycles. The Hall–Kier alpha value is -7.62. The van der Waals surface area contributed by atoms with Gasteiger partial charge in [-0.15, -0.1) is 0 Å². The molecule has 0 unspecified atom stereocenters. The maximum absolute atomic E-state index is 4.88. The van der Waals surface area contributed by atoms with Gasteiger partial charge in [0.25, 0.3) is 0 Å². The normalized spacial score (nSPS) is 11.5. The molecule has 0 spiro atoms. The van der Waals surface area contributed by atoms with Crippen molar-refractivity contribution in [3.05, 3.63) is 213 Å². The molecule has 11 rings (SSSR count). The fraction of sp³-hybridized carbons (Fsp3) is 0. The number of anilines is 3. The fourth-order valence-corrected chi connectivity index (χ4v) is 8.90. The first-order chi connectivity index (χ1) is 28.3. The Morgan fingerprint density at radius 2 is 0.895 bits per heavy atom. The van der Waals surface area contributed by atoms with Gasteiger partial charge in [-0.05, 0) is 126 Å². The molecule has 3 nitrogen and oxygen atoms in total. The summed E-state index contributed by atoms with van der Waals surface area (Å²) in [6.45, 7) is 0. The molecule has 0 radical (unpaired) electrons. The highest BCUT2D eigenvalue weighted by Crippen LogP contribution is 2.58. The third-order valence-corrected chi connectivity index (χ3v) is 11.3. The minimum Gasteiger partial charge on any atom is -0.309 e. The Kier molecular flexibility index (Phi) is 7.82. The number of fused-ring (bicyclic) bond motifs is 4. The first-order valence-corrected chi connectivity index (χ1v) is 19.4. The Labute approximate surface area is 331 Å². The molecule has 0 amide bonds. The van der Waals surface area contributed by atoms with Gasteiger partial charge >= 0.3 is 0 Å². The van der Waals surface area contributed by atoms with E-state index in [-0.39, 0.29) is 0 Å². The van der Waals surface area contributed by atoms with Crippen molar-refractivity contribution >= 4 is 38.6 Å². The van der Waals surface area contributed by atoms with E-state index in [4.69, 9.17) is 4.98 Å². The SMILES string of the molecule is c1ccc(-c2c3c(c(-c4ccccc4)c4ccccc24)-c2ccc(-c4cccc(N(c5ccccc5)c5ccc(-c6cccnc6)nc5)c4)c4cccc-3c24)cc1. The van der Waals surface area contributed by atoms with E-state index < -0.39 is 0 Å². The summed E-state index contributed by atoms with van der Waals surface area (Å²) in [7, 11) is 0. The molecule has 10 aromatic rings. The van der Waals surface area contributed by atoms with Crippen molar-refractivity contribution in [2.75, 3.05) is 4.90 Å². The molecule has 0 fully saturated rings. The first kappa shape index (κ1) is 32.8. The van der Waals surface area contributed by atoms with Crippen LogP contribution in [-0.2, 0) is 0 Å². The van der Waals surface area contributed by atoms with Gasteiger partial charge in [-0.3, -0.25) is 9.97 Å². The smallest absolute Gasteiger partial charge is 0.0719 e. The van der Waals surface area contributed by atoms with Crippen LogP contribution in [-0.4, -0.2) is 9.97 Å². The number of nitrogens with zero attached hydrogens (tertiary/aromatic N) is 3. The van der Waals surface area contributed by atoms with Crippen molar-refractivity contribution in [2.45, 2.75) is 0 Å². The summed E-state index contributed by atoms with van der Waals surface area (Å²) in [5.41, 5.74) is 17.6. The zero-order chi connectivity index (χ0) is 37.7. The van der Waals surface area contributed by atoms with Gasteiger partial charge in [0.1, 0.15) is 0 Å². The highest BCUT2D eigenvalue weighted by molar-refractivity contribution is 6.28. The molecule has 266 valence electrons. The molecule has 57 heavy (non-hydrogen) atoms. The van der Waals surface area contributed by atoms with E-state index in [1.54, 1.807) is 6.20 Å². The predicted molar refractivity (Wildman–Crippen MR) is 238 cm³/mol. The molecule has 3 heteroatoms. The van der Waals surface area contributed by atoms with E-state index in [9.17, 15) is 0 Å². The van der Waals surface area contributed by atoms with E-state index in [2.05, 4.69) is 192 Å². The second-order valence-corrected chi connectivity index (χ2v) is 14.5. The zero-order valence-electron chi connectivity index (χ0n) is 31.0. The van der Waals surface area contributed by atoms with E-state index >= 15 is 0 Å². The third-order valence-electron chi connectivity index (χ3n) is 11.3. The summed E-state index contributed by atoms with van der Waals surface area (Å²) in [4.78, 5) is 11.5. The summed E-state index contributed by atoms with van der Waals surface area (Å²) in [5.74, 6) is 0. The molecule has 0 saturated heterocycles. The van der Waals surface area contributed by atoms with Crippen molar-refractivity contribution < 1.29 is 0 Å². The van der Waals surface area contributed by atoms with Gasteiger partial charge in [0, 0.05) is 29.3 Å². The van der Waals surface area contributed by atoms with Gasteiger partial charge in [0.2, 0.25) is 0 Å². The molecule has 0 bridgehead atoms. The molecular formula is C54H35N3. The topological polar surface area (TPSA) is 29.0 Å². The standard InChI is InChI=1S/C54H35N3/c1-4-15-36(16-5-1)50-45-24-10-11-25-46(45)51(37-17-6-2-7-18-37)54-48-30-29-43(44-26-13-27-47(52(44)48)53(50)54)38-19-12-23-41(33-38)57(40-21-8-3-9-22-40)42-28-31-49(56-35-42)39-20-14-32-55-34-39/h1-35H. The molecule has 8 aromatic carbocycles. The molecule has 2 aromatic heterocycles. The first-order valence-electron chi connectivity index (χ1n) is 19.4. The van der Waals surface area contributed by atoms with Crippen LogP contribution in [0.5, 0.6) is 0 Å². The maximum Gasteiger partial charge on any atom is 0.0719 e. The molecular weight excluding hydrogens is 691 g/mol. The monoisotopic (exact) mass is 725 g/mol. The fourth-order valence-electron chi connectivity index (χ4n) is 8.90. The van der Waals surface area contributed by atoms with Crippen LogP contribution >= 0.6 is 0 Å². The number of aromatic nitrogens is 2. The van der Waals surface area contributed by atoms with Gasteiger partial charge in [0.05, 0.1) is 17.6 Å². The minimum atomic E-state index is 0.890. The van der Waals surface area contributed by atoms with Crippen LogP contribution in [0.3, 0.4) is 0 Å². The lowest BCUT2D eigenvalue weighted by Gasteiger charge is -2.26. The van der Waals surface area contributed by atoms with Crippen molar-refractivity contribution in [1.29, 1.82) is 0 Å². The van der Waals surface area contributed by atoms with Gasteiger partial charge in [-0.25, -0.2) is 0 Å². The number of benzene rings is 8. The van der Waals surface area contributed by atoms with Crippen molar-refractivity contribution in [1.82, 2.24) is 9.97 Å². The van der Waals surface area contributed by atoms with Gasteiger partial charge in [-0.2, -0.15) is 0 Å². The van der Waals surface area contributed by atoms with Crippen LogP contribution in [0.4, 0.5) is 17.1 Å². The lowest BCUT2D eigenvalue weighted by Crippen LogP contribution is -2.10. The molecule has 0 aliphatic heterocycles. The van der Waals surface area contributed by atoms with Gasteiger partial charge < -0.3 is 4.90 Å². The van der Waals surface area contributed by atoms with Crippen molar-refractivity contribution in [3.63, 3.8) is 0 Å². The Balaban J connectivity index is 1.11. The molecule has 0 atom stereocenters. The number of pyridine rings is 2. The third kappa shape index (κ3) is 5.43. The highest BCUT2D eigenvalue weighted by Gasteiger charge is 2.31. The number of rotatable bonds is 7. The largest absolute Gasteiger partial charge is 0.309 e. The predicted octanol–water partition coefficient (Wildman–Crippen LogP) is 14.6. The highest BCUT2D eigenvalue weighted by atomic mass is 15.1. The zero-order valence-corrected chi connectivity index (χ0v) is 31.0. The average molecular weight is 726 g/mol. The van der Waals surface area contributed by atoms with Crippen LogP contribution in [0.25, 0.3) is 88.4 Å². The number of para-hydroxylation sites is 1. The number of hydrogen-bond acceptors (Lipinski definition) is 3. The van der Waals surface area contributed by atoms with Gasteiger partial charge in [-0.1, -0.05) is 146 Å². The Bertz CT molecular complexity index is 3000. The Morgan fingerprint density at radius 1 is 0.333 bits per heavy atom. The molecule has 2 heterocycles. The molecule has 1 aliphatic rings. The summed E-state index contributed by atoms with van der Waals surface area (Å²) >= 11 is 0. The lowest BCUT2D eigenvalue weighted by atomic mass is 9.82. The lowest BCUT2D eigenvalue weighted by molar-refractivity contribution is 1.22. The second-order valence-electron chi connectivity index (χ2n) is 14.5. The van der Waals surface area contributed by atoms with Crippen LogP contribution < -0.4 is 4.90 Å². The average Bonchev–Trinajstić information content (AvgIpc) is 3.62. The Morgan fingerprint density at radius 3 is 1.54 bits per heavy atom. The second kappa shape index (κ2) is 13.6. The summed E-state index contributed by atoms with van der Waals surface area (Å²) in [5, 5.41) is 5.08. The van der Waals surface area contributed by atoms with Crippen LogP contribution in [0.1, 0.15) is 0 Å². The van der Waals surface area contributed by atoms with E-state index in [0.29, 0.717) is 0 Å². The molecule has 0 saturated carbocycles. The van der Waals surface area contributed by atoms with E-state index in [1.807, 2.05) is 24.5 Å². The number of hydrogen-bond donors (Lipinski definition) is 0. The minimum absolute atomic E-state index is 0.890. The molecule has 0 N–H and O–H groups in total. The summed E-state index contributed by atoms with van der Waals surface area (Å²) in [6.07, 6.45) is 5.59. The maximum atomic E-state index is 4.88. The van der Waals surface area contributed by atoms with Crippen molar-refractivity contribution in [3.8, 4) is 66.9 Å². The van der Waals surface area contributed by atoms with Crippen LogP contribution in [0.2, 0.25) is 0 Å². The summed E-state index contributed by atoms with van der Waals surface area (Å²) < 4.78 is 0. The van der Waals surface area contributed by atoms with Gasteiger partial charge in [0.15, 0.2) is 0 Å². The summed E-state index contributed by atoms with van der Waals surface area (Å²) in [6, 6.07) is 70.0. The van der Waals surface area contributed by atoms with Crippen molar-refractivity contribution in [2.24, 2.45) is 0 Å².